The van der Waals surface area contributed by atoms with Crippen molar-refractivity contribution < 1.29 is 24.0 Å². The van der Waals surface area contributed by atoms with Crippen LogP contribution in [0.2, 0.25) is 5.02 Å². The molecular weight excluding hydrogens is 304 g/mol. The summed E-state index contributed by atoms with van der Waals surface area (Å²) in [5.41, 5.74) is -0.225. The Hall–Kier alpha value is -2.22. The van der Waals surface area contributed by atoms with Crippen molar-refractivity contribution in [2.24, 2.45) is 0 Å². The van der Waals surface area contributed by atoms with Crippen LogP contribution in [0.4, 0.5) is 10.5 Å². The van der Waals surface area contributed by atoms with Gasteiger partial charge in [0.1, 0.15) is 12.3 Å². The molecule has 1 rings (SSSR count). The third-order valence-electron chi connectivity index (χ3n) is 2.50. The van der Waals surface area contributed by atoms with Crippen molar-refractivity contribution in [2.75, 3.05) is 0 Å². The van der Waals surface area contributed by atoms with Crippen molar-refractivity contribution in [1.82, 2.24) is 4.98 Å². The Morgan fingerprint density at radius 2 is 2.19 bits per heavy atom. The van der Waals surface area contributed by atoms with Gasteiger partial charge in [0.2, 0.25) is 0 Å². The van der Waals surface area contributed by atoms with Gasteiger partial charge < -0.3 is 9.47 Å². The lowest BCUT2D eigenvalue weighted by molar-refractivity contribution is -0.385. The second-order valence-electron chi connectivity index (χ2n) is 4.12. The molecule has 8 nitrogen and oxygen atoms in total. The molecule has 0 spiro atoms. The van der Waals surface area contributed by atoms with E-state index in [0.717, 1.165) is 12.3 Å². The Bertz CT molecular complexity index is 563. The quantitative estimate of drug-likeness (QED) is 0.355. The monoisotopic (exact) mass is 316 g/mol. The first-order valence-corrected chi connectivity index (χ1v) is 6.41. The predicted octanol–water partition coefficient (Wildman–Crippen LogP) is 2.66. The molecule has 0 saturated heterocycles. The molecule has 1 aromatic heterocycles. The van der Waals surface area contributed by atoms with Crippen molar-refractivity contribution >= 4 is 29.4 Å². The van der Waals surface area contributed by atoms with Gasteiger partial charge in [-0.3, -0.25) is 19.9 Å². The average Bonchev–Trinajstić information content (AvgIpc) is 2.40. The molecule has 1 atom stereocenters. The fourth-order valence-corrected chi connectivity index (χ4v) is 1.45. The molecule has 0 fully saturated rings. The highest BCUT2D eigenvalue weighted by atomic mass is 35.5. The second-order valence-corrected chi connectivity index (χ2v) is 4.52. The number of carbonyl (C=O) groups is 2. The van der Waals surface area contributed by atoms with E-state index in [2.05, 4.69) is 9.72 Å². The van der Waals surface area contributed by atoms with Crippen LogP contribution >= 0.6 is 11.6 Å². The zero-order valence-corrected chi connectivity index (χ0v) is 12.1. The summed E-state index contributed by atoms with van der Waals surface area (Å²) in [7, 11) is 0. The standard InChI is InChI=1S/C12H13ClN2O6/c1-3-7(2)20-12(17)21-11(16)5-10-9(13)4-8(6-14-10)15(18)19/h4,6-7H,3,5H2,1-2H3. The summed E-state index contributed by atoms with van der Waals surface area (Å²) < 4.78 is 9.19. The molecule has 0 saturated carbocycles. The van der Waals surface area contributed by atoms with Crippen molar-refractivity contribution in [3.05, 3.63) is 33.1 Å². The number of nitrogens with zero attached hydrogens (tertiary/aromatic N) is 2. The van der Waals surface area contributed by atoms with Gasteiger partial charge in [-0.25, -0.2) is 4.79 Å². The van der Waals surface area contributed by atoms with Gasteiger partial charge in [0.25, 0.3) is 5.69 Å². The minimum Gasteiger partial charge on any atom is -0.431 e. The van der Waals surface area contributed by atoms with Crippen LogP contribution in [0.3, 0.4) is 0 Å². The van der Waals surface area contributed by atoms with Crippen LogP contribution in [0.1, 0.15) is 26.0 Å². The van der Waals surface area contributed by atoms with Gasteiger partial charge in [0, 0.05) is 6.07 Å². The lowest BCUT2D eigenvalue weighted by atomic mass is 10.2. The maximum Gasteiger partial charge on any atom is 0.516 e. The molecule has 1 aromatic rings. The Kier molecular flexibility index (Phi) is 6.04. The topological polar surface area (TPSA) is 109 Å². The van der Waals surface area contributed by atoms with Crippen LogP contribution in [-0.2, 0) is 20.7 Å². The van der Waals surface area contributed by atoms with Crippen LogP contribution in [0.25, 0.3) is 0 Å². The van der Waals surface area contributed by atoms with Gasteiger partial charge in [-0.2, -0.15) is 0 Å². The molecular formula is C12H13ClN2O6. The summed E-state index contributed by atoms with van der Waals surface area (Å²) in [6, 6.07) is 1.06. The maximum absolute atomic E-state index is 11.5. The number of pyridine rings is 1. The highest BCUT2D eigenvalue weighted by Gasteiger charge is 2.18. The van der Waals surface area contributed by atoms with E-state index >= 15 is 0 Å². The highest BCUT2D eigenvalue weighted by molar-refractivity contribution is 6.31. The number of rotatable bonds is 5. The molecule has 1 heterocycles. The smallest absolute Gasteiger partial charge is 0.431 e. The Balaban J connectivity index is 2.63. The van der Waals surface area contributed by atoms with Gasteiger partial charge in [-0.05, 0) is 13.3 Å². The Morgan fingerprint density at radius 1 is 1.52 bits per heavy atom. The normalized spacial score (nSPS) is 11.6. The van der Waals surface area contributed by atoms with Crippen LogP contribution in [0, 0.1) is 10.1 Å². The van der Waals surface area contributed by atoms with E-state index in [1.807, 2.05) is 0 Å². The summed E-state index contributed by atoms with van der Waals surface area (Å²) in [5, 5.41) is 10.5. The van der Waals surface area contributed by atoms with E-state index in [0.29, 0.717) is 6.42 Å². The third-order valence-corrected chi connectivity index (χ3v) is 2.82. The Morgan fingerprint density at radius 3 is 2.71 bits per heavy atom. The van der Waals surface area contributed by atoms with Crippen molar-refractivity contribution in [1.29, 1.82) is 0 Å². The largest absolute Gasteiger partial charge is 0.516 e. The van der Waals surface area contributed by atoms with Crippen LogP contribution < -0.4 is 0 Å². The van der Waals surface area contributed by atoms with E-state index in [4.69, 9.17) is 16.3 Å². The fourth-order valence-electron chi connectivity index (χ4n) is 1.22. The number of aromatic nitrogens is 1. The summed E-state index contributed by atoms with van der Waals surface area (Å²) in [6.45, 7) is 3.46. The van der Waals surface area contributed by atoms with Gasteiger partial charge >= 0.3 is 12.1 Å². The number of ether oxygens (including phenoxy) is 2. The molecule has 0 aliphatic heterocycles. The van der Waals surface area contributed by atoms with Crippen molar-refractivity contribution in [3.8, 4) is 0 Å². The van der Waals surface area contributed by atoms with Crippen LogP contribution in [0.15, 0.2) is 12.3 Å². The second kappa shape index (κ2) is 7.53. The van der Waals surface area contributed by atoms with E-state index in [1.54, 1.807) is 13.8 Å². The fraction of sp³-hybridized carbons (Fsp3) is 0.417. The molecule has 0 amide bonds. The van der Waals surface area contributed by atoms with Gasteiger partial charge in [-0.1, -0.05) is 18.5 Å². The maximum atomic E-state index is 11.5. The van der Waals surface area contributed by atoms with Gasteiger partial charge in [0.05, 0.1) is 22.1 Å². The Labute approximate surface area is 125 Å². The summed E-state index contributed by atoms with van der Waals surface area (Å²) >= 11 is 5.77. The lowest BCUT2D eigenvalue weighted by Gasteiger charge is -2.09. The lowest BCUT2D eigenvalue weighted by Crippen LogP contribution is -2.20. The SMILES string of the molecule is CCC(C)OC(=O)OC(=O)Cc1ncc([N+](=O)[O-])cc1Cl. The molecule has 0 radical (unpaired) electrons. The number of esters is 1. The average molecular weight is 317 g/mol. The van der Waals surface area contributed by atoms with E-state index in [1.165, 1.54) is 0 Å². The van der Waals surface area contributed by atoms with E-state index < -0.39 is 23.5 Å². The number of nitro groups is 1. The molecule has 1 unspecified atom stereocenters. The van der Waals surface area contributed by atoms with Crippen LogP contribution in [-0.4, -0.2) is 28.1 Å². The summed E-state index contributed by atoms with van der Waals surface area (Å²) in [4.78, 5) is 36.3. The number of hydrogen-bond donors (Lipinski definition) is 0. The van der Waals surface area contributed by atoms with E-state index in [-0.39, 0.29) is 22.5 Å². The first kappa shape index (κ1) is 16.8. The predicted molar refractivity (Wildman–Crippen MR) is 71.9 cm³/mol. The van der Waals surface area contributed by atoms with Gasteiger partial charge in [-0.15, -0.1) is 0 Å². The number of halogens is 1. The molecule has 9 heteroatoms. The summed E-state index contributed by atoms with van der Waals surface area (Å²) in [5.74, 6) is -0.911. The minimum atomic E-state index is -1.10. The molecule has 0 aliphatic rings. The molecule has 114 valence electrons. The highest BCUT2D eigenvalue weighted by Crippen LogP contribution is 2.20. The molecule has 0 aromatic carbocycles. The van der Waals surface area contributed by atoms with Crippen molar-refractivity contribution in [2.45, 2.75) is 32.8 Å². The van der Waals surface area contributed by atoms with Crippen molar-refractivity contribution in [3.63, 3.8) is 0 Å². The summed E-state index contributed by atoms with van der Waals surface area (Å²) in [6.07, 6.45) is -0.323. The minimum absolute atomic E-state index is 0.0588. The molecule has 21 heavy (non-hydrogen) atoms. The van der Waals surface area contributed by atoms with E-state index in [9.17, 15) is 19.7 Å². The first-order chi connectivity index (χ1) is 9.83. The molecule has 0 bridgehead atoms. The third kappa shape index (κ3) is 5.35. The van der Waals surface area contributed by atoms with Crippen LogP contribution in [0.5, 0.6) is 0 Å². The first-order valence-electron chi connectivity index (χ1n) is 6.03. The number of hydrogen-bond acceptors (Lipinski definition) is 7. The molecule has 0 aliphatic carbocycles. The molecule has 0 N–H and O–H groups in total. The zero-order valence-electron chi connectivity index (χ0n) is 11.4. The zero-order chi connectivity index (χ0) is 16.0. The van der Waals surface area contributed by atoms with Gasteiger partial charge in [0.15, 0.2) is 0 Å². The number of carbonyl (C=O) groups excluding carboxylic acids is 2.